The Hall–Kier alpha value is -2.26. The molecule has 3 fully saturated rings. The van der Waals surface area contributed by atoms with Crippen molar-refractivity contribution in [3.8, 4) is 0 Å². The fourth-order valence-corrected chi connectivity index (χ4v) is 5.32. The molecule has 0 radical (unpaired) electrons. The zero-order valence-electron chi connectivity index (χ0n) is 19.7. The molecule has 2 aliphatic carbocycles. The molecule has 1 aliphatic heterocycles. The molecule has 1 spiro atoms. The number of nitrogens with zero attached hydrogens (tertiary/aromatic N) is 1. The molecule has 0 aromatic carbocycles. The topological polar surface area (TPSA) is 102 Å². The van der Waals surface area contributed by atoms with Gasteiger partial charge in [-0.15, -0.1) is 0 Å². The first-order valence-corrected chi connectivity index (χ1v) is 11.5. The number of carbonyl (C=O) groups is 4. The van der Waals surface area contributed by atoms with Gasteiger partial charge in [0, 0.05) is 37.1 Å². The van der Waals surface area contributed by atoms with E-state index in [0.717, 1.165) is 12.8 Å². The van der Waals surface area contributed by atoms with Gasteiger partial charge < -0.3 is 14.8 Å². The first-order valence-electron chi connectivity index (χ1n) is 11.5. The van der Waals surface area contributed by atoms with Crippen LogP contribution in [0.2, 0.25) is 0 Å². The number of methoxy groups -OCH3 is 1. The van der Waals surface area contributed by atoms with Crippen molar-refractivity contribution >= 4 is 23.8 Å². The highest BCUT2D eigenvalue weighted by Gasteiger charge is 2.63. The van der Waals surface area contributed by atoms with Gasteiger partial charge >= 0.3 is 12.1 Å². The Labute approximate surface area is 192 Å². The van der Waals surface area contributed by atoms with E-state index in [-0.39, 0.29) is 31.1 Å². The van der Waals surface area contributed by atoms with Gasteiger partial charge in [-0.25, -0.2) is 18.4 Å². The van der Waals surface area contributed by atoms with Gasteiger partial charge in [0.2, 0.25) is 11.8 Å². The normalized spacial score (nSPS) is 27.0. The molecule has 1 heterocycles. The number of hydrogen-bond acceptors (Lipinski definition) is 6. The van der Waals surface area contributed by atoms with Crippen LogP contribution in [0.4, 0.5) is 13.6 Å². The van der Waals surface area contributed by atoms with Crippen LogP contribution in [-0.4, -0.2) is 65.9 Å². The number of alkyl halides is 2. The van der Waals surface area contributed by atoms with Gasteiger partial charge in [-0.3, -0.25) is 14.5 Å². The molecule has 2 amide bonds. The van der Waals surface area contributed by atoms with Gasteiger partial charge in [0.15, 0.2) is 0 Å². The molecule has 33 heavy (non-hydrogen) atoms. The van der Waals surface area contributed by atoms with E-state index in [9.17, 15) is 28.0 Å². The minimum Gasteiger partial charge on any atom is -0.467 e. The maximum Gasteiger partial charge on any atom is 0.410 e. The third-order valence-corrected chi connectivity index (χ3v) is 6.71. The average Bonchev–Trinajstić information content (AvgIpc) is 3.06. The van der Waals surface area contributed by atoms with Crippen molar-refractivity contribution < 1.29 is 37.4 Å². The molecule has 3 rings (SSSR count). The highest BCUT2D eigenvalue weighted by Crippen LogP contribution is 2.58. The summed E-state index contributed by atoms with van der Waals surface area (Å²) in [5, 5.41) is 2.63. The van der Waals surface area contributed by atoms with Gasteiger partial charge in [0.25, 0.3) is 0 Å². The lowest BCUT2D eigenvalue weighted by atomic mass is 9.65. The zero-order chi connectivity index (χ0) is 24.6. The molecule has 3 atom stereocenters. The number of ketones is 1. The smallest absolute Gasteiger partial charge is 0.410 e. The van der Waals surface area contributed by atoms with Crippen LogP contribution >= 0.6 is 0 Å². The predicted octanol–water partition coefficient (Wildman–Crippen LogP) is 3.22. The van der Waals surface area contributed by atoms with E-state index in [4.69, 9.17) is 9.47 Å². The van der Waals surface area contributed by atoms with E-state index in [0.29, 0.717) is 12.8 Å². The molecule has 10 heteroatoms. The second kappa shape index (κ2) is 9.18. The highest BCUT2D eigenvalue weighted by atomic mass is 19.3. The van der Waals surface area contributed by atoms with Crippen LogP contribution < -0.4 is 5.32 Å². The van der Waals surface area contributed by atoms with Crippen LogP contribution in [0.25, 0.3) is 0 Å². The van der Waals surface area contributed by atoms with E-state index in [1.807, 2.05) is 0 Å². The van der Waals surface area contributed by atoms with Crippen LogP contribution in [0.5, 0.6) is 0 Å². The van der Waals surface area contributed by atoms with E-state index < -0.39 is 59.8 Å². The van der Waals surface area contributed by atoms with Crippen molar-refractivity contribution in [2.45, 2.75) is 95.7 Å². The summed E-state index contributed by atoms with van der Waals surface area (Å²) in [6, 6.07) is -2.11. The zero-order valence-corrected chi connectivity index (χ0v) is 19.7. The second-order valence-corrected chi connectivity index (χ2v) is 10.8. The Morgan fingerprint density at radius 3 is 2.42 bits per heavy atom. The van der Waals surface area contributed by atoms with Crippen molar-refractivity contribution in [1.82, 2.24) is 10.2 Å². The molecule has 2 saturated carbocycles. The number of esters is 1. The van der Waals surface area contributed by atoms with Crippen LogP contribution in [-0.2, 0) is 23.9 Å². The predicted molar refractivity (Wildman–Crippen MR) is 113 cm³/mol. The molecule has 0 aromatic rings. The molecule has 1 unspecified atom stereocenters. The second-order valence-electron chi connectivity index (χ2n) is 10.8. The van der Waals surface area contributed by atoms with Gasteiger partial charge in [-0.1, -0.05) is 6.42 Å². The number of Topliss-reactive ketones (excluding diaryl/α,β-unsaturated/α-hetero) is 1. The van der Waals surface area contributed by atoms with E-state index in [2.05, 4.69) is 5.32 Å². The van der Waals surface area contributed by atoms with Crippen LogP contribution in [0, 0.1) is 11.3 Å². The number of nitrogens with one attached hydrogen (secondary N) is 1. The van der Waals surface area contributed by atoms with Crippen molar-refractivity contribution in [1.29, 1.82) is 0 Å². The summed E-state index contributed by atoms with van der Waals surface area (Å²) in [7, 11) is 1.19. The number of amides is 2. The maximum absolute atomic E-state index is 13.7. The minimum atomic E-state index is -2.82. The Kier molecular flexibility index (Phi) is 7.05. The SMILES string of the molecule is COC(=O)[C@H](C[C@@H]1CCCCC1=O)NC(=O)C1CC2(CN1C(=O)OC(C)(C)C)CC(F)(F)C2. The summed E-state index contributed by atoms with van der Waals surface area (Å²) in [6.45, 7) is 5.02. The molecule has 1 N–H and O–H groups in total. The Morgan fingerprint density at radius 2 is 1.88 bits per heavy atom. The van der Waals surface area contributed by atoms with E-state index in [1.165, 1.54) is 12.0 Å². The molecule has 8 nitrogen and oxygen atoms in total. The first-order chi connectivity index (χ1) is 15.2. The molecule has 186 valence electrons. The van der Waals surface area contributed by atoms with Crippen molar-refractivity contribution in [2.75, 3.05) is 13.7 Å². The summed E-state index contributed by atoms with van der Waals surface area (Å²) >= 11 is 0. The molecule has 1 saturated heterocycles. The maximum atomic E-state index is 13.7. The molecular weight excluding hydrogens is 438 g/mol. The molecule has 0 bridgehead atoms. The van der Waals surface area contributed by atoms with Crippen LogP contribution in [0.3, 0.4) is 0 Å². The first kappa shape index (κ1) is 25.4. The van der Waals surface area contributed by atoms with Gasteiger partial charge in [-0.05, 0) is 46.5 Å². The quantitative estimate of drug-likeness (QED) is 0.617. The van der Waals surface area contributed by atoms with Crippen molar-refractivity contribution in [2.24, 2.45) is 11.3 Å². The third kappa shape index (κ3) is 6.00. The lowest BCUT2D eigenvalue weighted by Gasteiger charge is -2.44. The van der Waals surface area contributed by atoms with Gasteiger partial charge in [-0.2, -0.15) is 0 Å². The Balaban J connectivity index is 1.76. The summed E-state index contributed by atoms with van der Waals surface area (Å²) in [6.07, 6.45) is 1.36. The monoisotopic (exact) mass is 472 g/mol. The number of halogens is 2. The number of ether oxygens (including phenoxy) is 2. The Morgan fingerprint density at radius 1 is 1.21 bits per heavy atom. The third-order valence-electron chi connectivity index (χ3n) is 6.71. The van der Waals surface area contributed by atoms with Gasteiger partial charge in [0.1, 0.15) is 23.5 Å². The van der Waals surface area contributed by atoms with Crippen LogP contribution in [0.1, 0.15) is 72.1 Å². The number of likely N-dealkylation sites (tertiary alicyclic amines) is 1. The van der Waals surface area contributed by atoms with Crippen LogP contribution in [0.15, 0.2) is 0 Å². The number of rotatable bonds is 5. The summed E-state index contributed by atoms with van der Waals surface area (Å²) in [5.74, 6) is -4.44. The molecular formula is C23H34F2N2O6. The fourth-order valence-electron chi connectivity index (χ4n) is 5.32. The lowest BCUT2D eigenvalue weighted by molar-refractivity contribution is -0.156. The average molecular weight is 473 g/mol. The van der Waals surface area contributed by atoms with Crippen molar-refractivity contribution in [3.05, 3.63) is 0 Å². The summed E-state index contributed by atoms with van der Waals surface area (Å²) in [4.78, 5) is 51.8. The standard InChI is InChI=1S/C23H34F2N2O6/c1-21(2,3)33-20(31)27-13-22(11-23(24,25)12-22)10-16(27)18(29)26-15(19(30)32-4)9-14-7-5-6-8-17(14)28/h14-16H,5-13H2,1-4H3,(H,26,29)/t14-,15-,16?/m0/s1. The lowest BCUT2D eigenvalue weighted by Crippen LogP contribution is -2.52. The summed E-state index contributed by atoms with van der Waals surface area (Å²) < 4.78 is 37.6. The minimum absolute atomic E-state index is 0.0143. The van der Waals surface area contributed by atoms with Crippen molar-refractivity contribution in [3.63, 3.8) is 0 Å². The number of carbonyl (C=O) groups excluding carboxylic acids is 4. The van der Waals surface area contributed by atoms with Gasteiger partial charge in [0.05, 0.1) is 7.11 Å². The summed E-state index contributed by atoms with van der Waals surface area (Å²) in [5.41, 5.74) is -1.68. The fraction of sp³-hybridized carbons (Fsp3) is 0.826. The molecule has 0 aromatic heterocycles. The van der Waals surface area contributed by atoms with E-state index >= 15 is 0 Å². The van der Waals surface area contributed by atoms with E-state index in [1.54, 1.807) is 20.8 Å². The number of hydrogen-bond donors (Lipinski definition) is 1. The molecule has 3 aliphatic rings. The Bertz CT molecular complexity index is 801. The largest absolute Gasteiger partial charge is 0.467 e. The highest BCUT2D eigenvalue weighted by molar-refractivity contribution is 5.91.